The lowest BCUT2D eigenvalue weighted by molar-refractivity contribution is -0.140. The van der Waals surface area contributed by atoms with E-state index in [1.807, 2.05) is 0 Å². The Morgan fingerprint density at radius 2 is 2.11 bits per heavy atom. The zero-order valence-electron chi connectivity index (χ0n) is 9.89. The van der Waals surface area contributed by atoms with Gasteiger partial charge < -0.3 is 11.1 Å². The zero-order chi connectivity index (χ0) is 14.0. The molecule has 1 fully saturated rings. The highest BCUT2D eigenvalue weighted by atomic mass is 31.1. The summed E-state index contributed by atoms with van der Waals surface area (Å²) < 4.78 is 11.5. The molecule has 4 N–H and O–H groups in total. The molecule has 0 radical (unpaired) electrons. The number of amides is 2. The maximum atomic E-state index is 11.8. The predicted octanol–water partition coefficient (Wildman–Crippen LogP) is -0.337. The highest BCUT2D eigenvalue weighted by molar-refractivity contribution is 7.36. The second-order valence-electron chi connectivity index (χ2n) is 4.12. The summed E-state index contributed by atoms with van der Waals surface area (Å²) in [6.45, 7) is 0.0256. The molecule has 0 saturated carbocycles. The van der Waals surface area contributed by atoms with E-state index in [0.717, 1.165) is 4.67 Å². The highest BCUT2D eigenvalue weighted by Gasteiger charge is 2.49. The lowest BCUT2D eigenvalue weighted by Gasteiger charge is -2.29. The minimum Gasteiger partial charge on any atom is -0.341 e. The summed E-state index contributed by atoms with van der Waals surface area (Å²) in [5, 5.41) is 2.45. The van der Waals surface area contributed by atoms with Crippen molar-refractivity contribution in [3.8, 4) is 0 Å². The average molecular weight is 282 g/mol. The van der Waals surface area contributed by atoms with Gasteiger partial charge in [-0.3, -0.25) is 9.59 Å². The van der Waals surface area contributed by atoms with Crippen LogP contribution < -0.4 is 11.1 Å². The van der Waals surface area contributed by atoms with E-state index in [1.54, 1.807) is 30.3 Å². The average Bonchev–Trinajstić information content (AvgIpc) is 2.41. The Balaban J connectivity index is 1.93. The van der Waals surface area contributed by atoms with E-state index in [4.69, 9.17) is 10.6 Å². The molecular formula is C11H13N3O4P+. The molecule has 2 unspecified atom stereocenters. The van der Waals surface area contributed by atoms with Crippen LogP contribution in [0.1, 0.15) is 11.6 Å². The van der Waals surface area contributed by atoms with E-state index in [-0.39, 0.29) is 6.54 Å². The van der Waals surface area contributed by atoms with Crippen LogP contribution in [0, 0.1) is 0 Å². The van der Waals surface area contributed by atoms with Crippen LogP contribution in [0.2, 0.25) is 0 Å². The topological polar surface area (TPSA) is 113 Å². The highest BCUT2D eigenvalue weighted by Crippen LogP contribution is 2.29. The van der Waals surface area contributed by atoms with Gasteiger partial charge in [-0.05, 0) is 10.1 Å². The minimum absolute atomic E-state index is 0.0256. The van der Waals surface area contributed by atoms with Crippen molar-refractivity contribution >= 4 is 20.0 Å². The number of nitrogens with zero attached hydrogens (tertiary/aromatic N) is 1. The molecule has 0 bridgehead atoms. The van der Waals surface area contributed by atoms with Gasteiger partial charge >= 0.3 is 8.18 Å². The molecule has 100 valence electrons. The Morgan fingerprint density at radius 1 is 1.47 bits per heavy atom. The van der Waals surface area contributed by atoms with Gasteiger partial charge in [-0.1, -0.05) is 35.0 Å². The summed E-state index contributed by atoms with van der Waals surface area (Å²) in [6, 6.07) is 7.11. The summed E-state index contributed by atoms with van der Waals surface area (Å²) in [7, 11) is -2.67. The summed E-state index contributed by atoms with van der Waals surface area (Å²) in [4.78, 5) is 32.0. The van der Waals surface area contributed by atoms with Crippen molar-refractivity contribution in [3.05, 3.63) is 35.9 Å². The largest absolute Gasteiger partial charge is 0.646 e. The lowest BCUT2D eigenvalue weighted by atomic mass is 10.1. The molecule has 1 saturated heterocycles. The Bertz CT molecular complexity index is 522. The van der Waals surface area contributed by atoms with Gasteiger partial charge in [-0.2, -0.15) is 0 Å². The van der Waals surface area contributed by atoms with Gasteiger partial charge in [-0.25, -0.2) is 0 Å². The van der Waals surface area contributed by atoms with Gasteiger partial charge in [0.25, 0.3) is 5.91 Å². The third kappa shape index (κ3) is 2.78. The first-order chi connectivity index (χ1) is 9.00. The molecule has 0 aromatic heterocycles. The molecule has 2 rings (SSSR count). The van der Waals surface area contributed by atoms with Crippen molar-refractivity contribution < 1.29 is 19.0 Å². The number of nitrogens with two attached hydrogens (primary N) is 1. The summed E-state index contributed by atoms with van der Waals surface area (Å²) in [5.74, 6) is -1.06. The fraction of sp³-hybridized carbons (Fsp3) is 0.273. The van der Waals surface area contributed by atoms with Gasteiger partial charge in [0.2, 0.25) is 5.91 Å². The van der Waals surface area contributed by atoms with Crippen LogP contribution >= 0.6 is 8.18 Å². The molecule has 1 aromatic carbocycles. The standard InChI is InChI=1S/C11H12N3O4P/c12-9(7-4-2-1-3-5-7)10(15)13-8-6-14(11(8)16)19(17)18/h1-5,8-9H,6,12H2,(H-,13,15,17,18)/p+1/t8-,9?/m0/s1. The first-order valence-corrected chi connectivity index (χ1v) is 6.75. The number of carbonyl (C=O) groups is 2. The number of β-lactam (4-membered cyclic amide) rings is 1. The first kappa shape index (κ1) is 13.6. The number of rotatable bonds is 4. The van der Waals surface area contributed by atoms with Crippen molar-refractivity contribution in [2.24, 2.45) is 5.73 Å². The number of benzene rings is 1. The number of carbonyl (C=O) groups excluding carboxylic acids is 2. The van der Waals surface area contributed by atoms with Gasteiger partial charge in [0.1, 0.15) is 18.6 Å². The monoisotopic (exact) mass is 282 g/mol. The fourth-order valence-corrected chi connectivity index (χ4v) is 2.35. The van der Waals surface area contributed by atoms with Crippen LogP contribution in [0.15, 0.2) is 30.3 Å². The molecule has 7 nitrogen and oxygen atoms in total. The second kappa shape index (κ2) is 5.44. The Kier molecular flexibility index (Phi) is 3.90. The molecule has 19 heavy (non-hydrogen) atoms. The van der Waals surface area contributed by atoms with Crippen LogP contribution in [0.3, 0.4) is 0 Å². The Labute approximate surface area is 110 Å². The first-order valence-electron chi connectivity index (χ1n) is 5.59. The third-order valence-corrected chi connectivity index (χ3v) is 3.65. The molecule has 8 heteroatoms. The van der Waals surface area contributed by atoms with Gasteiger partial charge in [0.15, 0.2) is 0 Å². The van der Waals surface area contributed by atoms with Gasteiger partial charge in [0, 0.05) is 0 Å². The smallest absolute Gasteiger partial charge is 0.341 e. The minimum atomic E-state index is -2.67. The molecule has 1 aromatic rings. The maximum absolute atomic E-state index is 11.8. The van der Waals surface area contributed by atoms with E-state index < -0.39 is 32.1 Å². The lowest BCUT2D eigenvalue weighted by Crippen LogP contribution is -2.62. The maximum Gasteiger partial charge on any atom is 0.646 e. The van der Waals surface area contributed by atoms with Crippen LogP contribution in [-0.2, 0) is 14.2 Å². The van der Waals surface area contributed by atoms with Crippen molar-refractivity contribution in [1.29, 1.82) is 0 Å². The fourth-order valence-electron chi connectivity index (χ4n) is 1.74. The van der Waals surface area contributed by atoms with Gasteiger partial charge in [-0.15, -0.1) is 4.89 Å². The molecule has 1 aliphatic heterocycles. The van der Waals surface area contributed by atoms with Crippen LogP contribution in [0.4, 0.5) is 0 Å². The van der Waals surface area contributed by atoms with Crippen LogP contribution in [0.5, 0.6) is 0 Å². The quantitative estimate of drug-likeness (QED) is 0.516. The van der Waals surface area contributed by atoms with E-state index in [1.165, 1.54) is 0 Å². The molecule has 3 atom stereocenters. The van der Waals surface area contributed by atoms with Crippen molar-refractivity contribution in [2.75, 3.05) is 6.54 Å². The number of nitrogens with one attached hydrogen (secondary N) is 1. The normalized spacial score (nSPS) is 20.5. The number of hydrogen-bond donors (Lipinski definition) is 3. The zero-order valence-corrected chi connectivity index (χ0v) is 10.8. The van der Waals surface area contributed by atoms with E-state index >= 15 is 0 Å². The molecule has 0 aliphatic carbocycles. The SMILES string of the molecule is NC(C(=O)N[C@H]1CN([P+](=O)O)C1=O)c1ccccc1. The molecular weight excluding hydrogens is 269 g/mol. The van der Waals surface area contributed by atoms with Crippen LogP contribution in [-0.4, -0.2) is 34.0 Å². The Hall–Kier alpha value is -1.82. The van der Waals surface area contributed by atoms with Crippen molar-refractivity contribution in [1.82, 2.24) is 9.99 Å². The van der Waals surface area contributed by atoms with Crippen LogP contribution in [0.25, 0.3) is 0 Å². The van der Waals surface area contributed by atoms with Crippen molar-refractivity contribution in [2.45, 2.75) is 12.1 Å². The Morgan fingerprint density at radius 3 is 2.63 bits per heavy atom. The molecule has 2 amide bonds. The molecule has 1 aliphatic rings. The van der Waals surface area contributed by atoms with E-state index in [0.29, 0.717) is 5.56 Å². The van der Waals surface area contributed by atoms with E-state index in [2.05, 4.69) is 5.32 Å². The summed E-state index contributed by atoms with van der Waals surface area (Å²) in [6.07, 6.45) is 0. The third-order valence-electron chi connectivity index (χ3n) is 2.87. The van der Waals surface area contributed by atoms with Crippen molar-refractivity contribution in [3.63, 3.8) is 0 Å². The summed E-state index contributed by atoms with van der Waals surface area (Å²) in [5.41, 5.74) is 6.40. The van der Waals surface area contributed by atoms with Gasteiger partial charge in [0.05, 0.1) is 0 Å². The molecule has 1 heterocycles. The number of hydrogen-bond acceptors (Lipinski definition) is 4. The second-order valence-corrected chi connectivity index (χ2v) is 5.11. The molecule has 0 spiro atoms. The summed E-state index contributed by atoms with van der Waals surface area (Å²) >= 11 is 0. The predicted molar refractivity (Wildman–Crippen MR) is 66.8 cm³/mol. The van der Waals surface area contributed by atoms with E-state index in [9.17, 15) is 14.2 Å².